The fourth-order valence-electron chi connectivity index (χ4n) is 1.56. The van der Waals surface area contributed by atoms with Crippen LogP contribution in [0.5, 0.6) is 0 Å². The predicted octanol–water partition coefficient (Wildman–Crippen LogP) is 1.75. The molecule has 0 heterocycles. The summed E-state index contributed by atoms with van der Waals surface area (Å²) < 4.78 is 28.1. The highest BCUT2D eigenvalue weighted by Gasteiger charge is 2.21. The van der Waals surface area contributed by atoms with E-state index in [0.29, 0.717) is 19.8 Å². The minimum absolute atomic E-state index is 0.0512. The molecule has 0 unspecified atom stereocenters. The number of nitrogens with zero attached hydrogens (tertiary/aromatic N) is 1. The Hall–Kier alpha value is -0.860. The molecular formula is C12H16Cl2N2O4S. The molecule has 0 aliphatic heterocycles. The molecule has 1 rings (SSSR count). The average Bonchev–Trinajstić information content (AvgIpc) is 2.39. The third kappa shape index (κ3) is 4.82. The van der Waals surface area contributed by atoms with E-state index in [9.17, 15) is 13.2 Å². The van der Waals surface area contributed by atoms with Crippen LogP contribution in [-0.4, -0.2) is 46.0 Å². The zero-order valence-corrected chi connectivity index (χ0v) is 13.9. The quantitative estimate of drug-likeness (QED) is 0.788. The Morgan fingerprint density at radius 1 is 1.38 bits per heavy atom. The maximum Gasteiger partial charge on any atom is 0.253 e. The first-order chi connectivity index (χ1) is 9.68. The van der Waals surface area contributed by atoms with Crippen molar-refractivity contribution in [1.29, 1.82) is 0 Å². The SMILES string of the molecule is CCOCCN(C)C(=O)c1cc(Cl)c(Cl)c(S(N)(=O)=O)c1. The summed E-state index contributed by atoms with van der Waals surface area (Å²) in [6.07, 6.45) is 0. The van der Waals surface area contributed by atoms with Crippen LogP contribution in [0, 0.1) is 0 Å². The van der Waals surface area contributed by atoms with E-state index in [0.717, 1.165) is 6.07 Å². The number of nitrogens with two attached hydrogens (primary N) is 1. The van der Waals surface area contributed by atoms with Gasteiger partial charge in [0.25, 0.3) is 5.91 Å². The third-order valence-electron chi connectivity index (χ3n) is 2.67. The number of primary sulfonamides is 1. The molecule has 6 nitrogen and oxygen atoms in total. The van der Waals surface area contributed by atoms with E-state index in [1.54, 1.807) is 7.05 Å². The lowest BCUT2D eigenvalue weighted by Gasteiger charge is -2.18. The van der Waals surface area contributed by atoms with Gasteiger partial charge in [-0.25, -0.2) is 13.6 Å². The number of likely N-dealkylation sites (N-methyl/N-ethyl adjacent to an activating group) is 1. The highest BCUT2D eigenvalue weighted by Crippen LogP contribution is 2.30. The average molecular weight is 355 g/mol. The van der Waals surface area contributed by atoms with Gasteiger partial charge in [-0.3, -0.25) is 4.79 Å². The van der Waals surface area contributed by atoms with Crippen molar-refractivity contribution in [3.63, 3.8) is 0 Å². The lowest BCUT2D eigenvalue weighted by Crippen LogP contribution is -2.30. The second kappa shape index (κ2) is 7.42. The van der Waals surface area contributed by atoms with Gasteiger partial charge in [0, 0.05) is 25.8 Å². The number of halogens is 2. The molecule has 1 aromatic carbocycles. The highest BCUT2D eigenvalue weighted by atomic mass is 35.5. The number of hydrogen-bond donors (Lipinski definition) is 1. The molecule has 118 valence electrons. The van der Waals surface area contributed by atoms with Gasteiger partial charge in [0.2, 0.25) is 10.0 Å². The van der Waals surface area contributed by atoms with Crippen LogP contribution in [-0.2, 0) is 14.8 Å². The molecule has 0 saturated carbocycles. The van der Waals surface area contributed by atoms with Crippen molar-refractivity contribution in [2.75, 3.05) is 26.8 Å². The molecule has 1 aromatic rings. The summed E-state index contributed by atoms with van der Waals surface area (Å²) in [5.74, 6) is -0.404. The molecule has 0 aliphatic carbocycles. The van der Waals surface area contributed by atoms with Crippen LogP contribution in [0.15, 0.2) is 17.0 Å². The first-order valence-corrected chi connectivity index (χ1v) is 8.33. The lowest BCUT2D eigenvalue weighted by molar-refractivity contribution is 0.0709. The Bertz CT molecular complexity index is 634. The molecule has 0 saturated heterocycles. The van der Waals surface area contributed by atoms with Crippen LogP contribution >= 0.6 is 23.2 Å². The Morgan fingerprint density at radius 3 is 2.52 bits per heavy atom. The number of ether oxygens (including phenoxy) is 1. The Kier molecular flexibility index (Phi) is 6.42. The van der Waals surface area contributed by atoms with Gasteiger partial charge in [-0.05, 0) is 19.1 Å². The number of benzene rings is 1. The summed E-state index contributed by atoms with van der Waals surface area (Å²) in [6, 6.07) is 2.42. The van der Waals surface area contributed by atoms with Crippen molar-refractivity contribution in [1.82, 2.24) is 4.90 Å². The Balaban J connectivity index is 3.09. The van der Waals surface area contributed by atoms with Crippen molar-refractivity contribution in [3.8, 4) is 0 Å². The molecule has 0 aliphatic rings. The van der Waals surface area contributed by atoms with E-state index in [-0.39, 0.29) is 20.5 Å². The molecule has 0 spiro atoms. The minimum atomic E-state index is -4.07. The summed E-state index contributed by atoms with van der Waals surface area (Å²) in [7, 11) is -2.50. The van der Waals surface area contributed by atoms with Crippen molar-refractivity contribution >= 4 is 39.1 Å². The summed E-state index contributed by atoms with van der Waals surface area (Å²) in [4.78, 5) is 13.2. The fourth-order valence-corrected chi connectivity index (χ4v) is 2.92. The van der Waals surface area contributed by atoms with Gasteiger partial charge in [0.15, 0.2) is 0 Å². The van der Waals surface area contributed by atoms with E-state index in [1.165, 1.54) is 11.0 Å². The van der Waals surface area contributed by atoms with Gasteiger partial charge >= 0.3 is 0 Å². The molecule has 0 aromatic heterocycles. The molecule has 1 amide bonds. The summed E-state index contributed by atoms with van der Waals surface area (Å²) in [5, 5.41) is 4.80. The number of carbonyl (C=O) groups is 1. The van der Waals surface area contributed by atoms with Gasteiger partial charge in [0.05, 0.1) is 16.7 Å². The number of hydrogen-bond acceptors (Lipinski definition) is 4. The fraction of sp³-hybridized carbons (Fsp3) is 0.417. The molecule has 0 fully saturated rings. The molecule has 0 bridgehead atoms. The molecule has 9 heteroatoms. The monoisotopic (exact) mass is 354 g/mol. The number of sulfonamides is 1. The van der Waals surface area contributed by atoms with E-state index < -0.39 is 15.9 Å². The third-order valence-corrected chi connectivity index (χ3v) is 4.52. The molecule has 0 radical (unpaired) electrons. The smallest absolute Gasteiger partial charge is 0.253 e. The lowest BCUT2D eigenvalue weighted by atomic mass is 10.2. The summed E-state index contributed by atoms with van der Waals surface area (Å²) >= 11 is 11.7. The largest absolute Gasteiger partial charge is 0.380 e. The van der Waals surface area contributed by atoms with Crippen molar-refractivity contribution in [2.24, 2.45) is 5.14 Å². The zero-order valence-electron chi connectivity index (χ0n) is 11.6. The van der Waals surface area contributed by atoms with Gasteiger partial charge in [0.1, 0.15) is 4.90 Å². The Morgan fingerprint density at radius 2 is 2.00 bits per heavy atom. The molecule has 0 atom stereocenters. The maximum atomic E-state index is 12.2. The van der Waals surface area contributed by atoms with Crippen molar-refractivity contribution < 1.29 is 17.9 Å². The predicted molar refractivity (Wildman–Crippen MR) is 81.3 cm³/mol. The topological polar surface area (TPSA) is 89.7 Å². The molecular weight excluding hydrogens is 339 g/mol. The van der Waals surface area contributed by atoms with Crippen LogP contribution < -0.4 is 5.14 Å². The van der Waals surface area contributed by atoms with E-state index in [1.807, 2.05) is 6.92 Å². The Labute approximate surface area is 133 Å². The van der Waals surface area contributed by atoms with Crippen LogP contribution in [0.3, 0.4) is 0 Å². The van der Waals surface area contributed by atoms with E-state index in [2.05, 4.69) is 0 Å². The standard InChI is InChI=1S/C12H16Cl2N2O4S/c1-3-20-5-4-16(2)12(17)8-6-9(13)11(14)10(7-8)21(15,18)19/h6-7H,3-5H2,1-2H3,(H2,15,18,19). The van der Waals surface area contributed by atoms with Gasteiger partial charge in [-0.2, -0.15) is 0 Å². The van der Waals surface area contributed by atoms with Gasteiger partial charge in [-0.1, -0.05) is 23.2 Å². The second-order valence-corrected chi connectivity index (χ2v) is 6.55. The first kappa shape index (κ1) is 18.2. The van der Waals surface area contributed by atoms with Gasteiger partial charge < -0.3 is 9.64 Å². The van der Waals surface area contributed by atoms with Crippen LogP contribution in [0.2, 0.25) is 10.0 Å². The number of carbonyl (C=O) groups excluding carboxylic acids is 1. The highest BCUT2D eigenvalue weighted by molar-refractivity contribution is 7.89. The van der Waals surface area contributed by atoms with E-state index in [4.69, 9.17) is 33.1 Å². The summed E-state index contributed by atoms with van der Waals surface area (Å²) in [6.45, 7) is 3.13. The molecule has 21 heavy (non-hydrogen) atoms. The second-order valence-electron chi connectivity index (χ2n) is 4.24. The van der Waals surface area contributed by atoms with Crippen LogP contribution in [0.4, 0.5) is 0 Å². The first-order valence-electron chi connectivity index (χ1n) is 6.03. The zero-order chi connectivity index (χ0) is 16.2. The van der Waals surface area contributed by atoms with Crippen LogP contribution in [0.25, 0.3) is 0 Å². The van der Waals surface area contributed by atoms with E-state index >= 15 is 0 Å². The normalized spacial score (nSPS) is 11.5. The number of rotatable bonds is 6. The van der Waals surface area contributed by atoms with Crippen LogP contribution in [0.1, 0.15) is 17.3 Å². The number of amides is 1. The van der Waals surface area contributed by atoms with Gasteiger partial charge in [-0.15, -0.1) is 0 Å². The van der Waals surface area contributed by atoms with Crippen molar-refractivity contribution in [2.45, 2.75) is 11.8 Å². The maximum absolute atomic E-state index is 12.2. The van der Waals surface area contributed by atoms with Crippen molar-refractivity contribution in [3.05, 3.63) is 27.7 Å². The molecule has 2 N–H and O–H groups in total. The minimum Gasteiger partial charge on any atom is -0.380 e. The summed E-state index contributed by atoms with van der Waals surface area (Å²) in [5.41, 5.74) is 0.0902.